The molecule has 1 heterocycles. The molecule has 1 N–H and O–H groups in total. The minimum atomic E-state index is -0.409. The Labute approximate surface area is 50.9 Å². The molecule has 0 atom stereocenters. The Balaban J connectivity index is 2.58. The van der Waals surface area contributed by atoms with Crippen molar-refractivity contribution in [2.45, 2.75) is 6.54 Å². The maximum Gasteiger partial charge on any atom is 0.244 e. The third kappa shape index (κ3) is 1.52. The molecule has 48 valence electrons. The second-order valence-corrected chi connectivity index (χ2v) is 1.57. The zero-order valence-corrected chi connectivity index (χ0v) is 4.57. The summed E-state index contributed by atoms with van der Waals surface area (Å²) in [4.78, 5) is 15.6. The van der Waals surface area contributed by atoms with Gasteiger partial charge >= 0.3 is 0 Å². The van der Waals surface area contributed by atoms with E-state index in [0.29, 0.717) is 5.69 Å². The molecule has 0 aliphatic rings. The topological polar surface area (TPSA) is 71.8 Å². The minimum Gasteiger partial charge on any atom is -0.343 e. The molecule has 1 rings (SSSR count). The SMILES string of the molecule is O=[N+]([O-])Cc1cnc[nH]1. The number of aromatic amines is 1. The molecular formula is C4H5N3O2. The number of hydrogen-bond donors (Lipinski definition) is 1. The van der Waals surface area contributed by atoms with Gasteiger partial charge in [-0.05, 0) is 0 Å². The summed E-state index contributed by atoms with van der Waals surface area (Å²) < 4.78 is 0. The van der Waals surface area contributed by atoms with Gasteiger partial charge in [0.05, 0.1) is 12.5 Å². The zero-order chi connectivity index (χ0) is 6.69. The highest BCUT2D eigenvalue weighted by atomic mass is 16.6. The second kappa shape index (κ2) is 2.25. The van der Waals surface area contributed by atoms with Crippen molar-refractivity contribution in [1.82, 2.24) is 9.97 Å². The Morgan fingerprint density at radius 3 is 3.11 bits per heavy atom. The van der Waals surface area contributed by atoms with Crippen molar-refractivity contribution in [3.8, 4) is 0 Å². The summed E-state index contributed by atoms with van der Waals surface area (Å²) in [7, 11) is 0. The number of nitrogens with zero attached hydrogens (tertiary/aromatic N) is 2. The zero-order valence-electron chi connectivity index (χ0n) is 4.57. The van der Waals surface area contributed by atoms with Crippen molar-refractivity contribution in [2.75, 3.05) is 0 Å². The quantitative estimate of drug-likeness (QED) is 0.455. The normalized spacial score (nSPS) is 9.33. The standard InChI is InChI=1S/C4H5N3O2/c8-7(9)2-4-1-5-3-6-4/h1,3H,2H2,(H,5,6). The van der Waals surface area contributed by atoms with Gasteiger partial charge in [0.25, 0.3) is 0 Å². The highest BCUT2D eigenvalue weighted by molar-refractivity contribution is 4.90. The van der Waals surface area contributed by atoms with Crippen molar-refractivity contribution in [3.05, 3.63) is 28.3 Å². The van der Waals surface area contributed by atoms with Crippen LogP contribution in [0.25, 0.3) is 0 Å². The lowest BCUT2D eigenvalue weighted by Crippen LogP contribution is -1.97. The van der Waals surface area contributed by atoms with Crippen molar-refractivity contribution >= 4 is 0 Å². The molecule has 5 heteroatoms. The highest BCUT2D eigenvalue weighted by Gasteiger charge is 1.99. The Morgan fingerprint density at radius 2 is 2.67 bits per heavy atom. The first-order valence-corrected chi connectivity index (χ1v) is 2.38. The van der Waals surface area contributed by atoms with E-state index in [1.54, 1.807) is 0 Å². The van der Waals surface area contributed by atoms with E-state index in [-0.39, 0.29) is 6.54 Å². The molecule has 0 spiro atoms. The van der Waals surface area contributed by atoms with Crippen LogP contribution in [-0.2, 0) is 6.54 Å². The van der Waals surface area contributed by atoms with Gasteiger partial charge in [0.15, 0.2) is 0 Å². The Bertz CT molecular complexity index is 194. The van der Waals surface area contributed by atoms with E-state index in [2.05, 4.69) is 9.97 Å². The number of hydrogen-bond acceptors (Lipinski definition) is 3. The number of H-pyrrole nitrogens is 1. The van der Waals surface area contributed by atoms with Crippen LogP contribution in [0, 0.1) is 10.1 Å². The van der Waals surface area contributed by atoms with Crippen molar-refractivity contribution < 1.29 is 4.92 Å². The van der Waals surface area contributed by atoms with E-state index in [1.807, 2.05) is 0 Å². The first-order chi connectivity index (χ1) is 4.29. The molecule has 0 saturated heterocycles. The maximum atomic E-state index is 9.82. The molecule has 0 bridgehead atoms. The van der Waals surface area contributed by atoms with E-state index in [4.69, 9.17) is 0 Å². The Hall–Kier alpha value is -1.39. The van der Waals surface area contributed by atoms with Crippen LogP contribution >= 0.6 is 0 Å². The molecule has 0 aromatic carbocycles. The fraction of sp³-hybridized carbons (Fsp3) is 0.250. The van der Waals surface area contributed by atoms with Gasteiger partial charge in [-0.15, -0.1) is 0 Å². The van der Waals surface area contributed by atoms with Crippen molar-refractivity contribution in [1.29, 1.82) is 0 Å². The largest absolute Gasteiger partial charge is 0.343 e. The summed E-state index contributed by atoms with van der Waals surface area (Å²) in [6.07, 6.45) is 2.85. The van der Waals surface area contributed by atoms with Crippen molar-refractivity contribution in [2.24, 2.45) is 0 Å². The predicted molar refractivity (Wildman–Crippen MR) is 29.3 cm³/mol. The number of nitro groups is 1. The van der Waals surface area contributed by atoms with Gasteiger partial charge in [-0.1, -0.05) is 0 Å². The fourth-order valence-corrected chi connectivity index (χ4v) is 0.510. The highest BCUT2D eigenvalue weighted by Crippen LogP contribution is 1.90. The third-order valence-corrected chi connectivity index (χ3v) is 0.854. The lowest BCUT2D eigenvalue weighted by Gasteiger charge is -1.84. The molecule has 5 nitrogen and oxygen atoms in total. The van der Waals surface area contributed by atoms with Gasteiger partial charge < -0.3 is 4.98 Å². The van der Waals surface area contributed by atoms with E-state index < -0.39 is 4.92 Å². The van der Waals surface area contributed by atoms with Crippen LogP contribution in [0.15, 0.2) is 12.5 Å². The van der Waals surface area contributed by atoms with E-state index in [1.165, 1.54) is 12.5 Å². The first kappa shape index (κ1) is 5.74. The summed E-state index contributed by atoms with van der Waals surface area (Å²) in [5.74, 6) is 0. The van der Waals surface area contributed by atoms with Crippen LogP contribution in [-0.4, -0.2) is 14.9 Å². The number of imidazole rings is 1. The van der Waals surface area contributed by atoms with E-state index in [9.17, 15) is 10.1 Å². The molecule has 0 unspecified atom stereocenters. The van der Waals surface area contributed by atoms with Crippen molar-refractivity contribution in [3.63, 3.8) is 0 Å². The molecule has 0 radical (unpaired) electrons. The van der Waals surface area contributed by atoms with Crippen LogP contribution < -0.4 is 0 Å². The van der Waals surface area contributed by atoms with Crippen LogP contribution in [0.4, 0.5) is 0 Å². The van der Waals surface area contributed by atoms with Gasteiger partial charge in [0.1, 0.15) is 5.69 Å². The number of aromatic nitrogens is 2. The van der Waals surface area contributed by atoms with Gasteiger partial charge in [-0.25, -0.2) is 4.98 Å². The van der Waals surface area contributed by atoms with Crippen LogP contribution in [0.5, 0.6) is 0 Å². The smallest absolute Gasteiger partial charge is 0.244 e. The molecule has 9 heavy (non-hydrogen) atoms. The number of rotatable bonds is 2. The van der Waals surface area contributed by atoms with E-state index >= 15 is 0 Å². The monoisotopic (exact) mass is 127 g/mol. The molecule has 0 saturated carbocycles. The Kier molecular flexibility index (Phi) is 1.44. The Morgan fingerprint density at radius 1 is 1.89 bits per heavy atom. The minimum absolute atomic E-state index is 0.181. The number of nitrogens with one attached hydrogen (secondary N) is 1. The van der Waals surface area contributed by atoms with Gasteiger partial charge in [-0.2, -0.15) is 0 Å². The summed E-state index contributed by atoms with van der Waals surface area (Å²) in [6, 6.07) is 0. The molecular weight excluding hydrogens is 122 g/mol. The van der Waals surface area contributed by atoms with Gasteiger partial charge in [0, 0.05) is 4.92 Å². The fourth-order valence-electron chi connectivity index (χ4n) is 0.510. The molecule has 1 aromatic rings. The summed E-state index contributed by atoms with van der Waals surface area (Å²) in [5, 5.41) is 9.82. The summed E-state index contributed by atoms with van der Waals surface area (Å²) in [6.45, 7) is -0.181. The molecule has 1 aromatic heterocycles. The molecule has 0 aliphatic carbocycles. The average Bonchev–Trinajstić information content (AvgIpc) is 2.15. The summed E-state index contributed by atoms with van der Waals surface area (Å²) in [5.41, 5.74) is 0.528. The lowest BCUT2D eigenvalue weighted by molar-refractivity contribution is -0.497. The summed E-state index contributed by atoms with van der Waals surface area (Å²) >= 11 is 0. The molecule has 0 fully saturated rings. The predicted octanol–water partition coefficient (Wildman–Crippen LogP) is 0.186. The van der Waals surface area contributed by atoms with Gasteiger partial charge in [-0.3, -0.25) is 10.1 Å². The van der Waals surface area contributed by atoms with Crippen LogP contribution in [0.2, 0.25) is 0 Å². The van der Waals surface area contributed by atoms with Gasteiger partial charge in [0.2, 0.25) is 6.54 Å². The molecule has 0 amide bonds. The molecule has 0 aliphatic heterocycles. The van der Waals surface area contributed by atoms with Crippen LogP contribution in [0.1, 0.15) is 5.69 Å². The van der Waals surface area contributed by atoms with E-state index in [0.717, 1.165) is 0 Å². The second-order valence-electron chi connectivity index (χ2n) is 1.57. The lowest BCUT2D eigenvalue weighted by atomic mass is 10.5. The van der Waals surface area contributed by atoms with Crippen LogP contribution in [0.3, 0.4) is 0 Å². The maximum absolute atomic E-state index is 9.82. The average molecular weight is 127 g/mol. The first-order valence-electron chi connectivity index (χ1n) is 2.38. The third-order valence-electron chi connectivity index (χ3n) is 0.854.